The Bertz CT molecular complexity index is 418. The van der Waals surface area contributed by atoms with E-state index in [1.54, 1.807) is 0 Å². The van der Waals surface area contributed by atoms with Crippen LogP contribution in [0.2, 0.25) is 0 Å². The van der Waals surface area contributed by atoms with Gasteiger partial charge in [0.25, 0.3) is 0 Å². The second kappa shape index (κ2) is 7.12. The molecule has 0 spiro atoms. The molecule has 0 aliphatic carbocycles. The molecular weight excluding hydrogens is 236 g/mol. The summed E-state index contributed by atoms with van der Waals surface area (Å²) in [5.41, 5.74) is 2.56. The summed E-state index contributed by atoms with van der Waals surface area (Å²) in [6.07, 6.45) is 4.68. The lowest BCUT2D eigenvalue weighted by Crippen LogP contribution is -2.47. The van der Waals surface area contributed by atoms with E-state index < -0.39 is 0 Å². The van der Waals surface area contributed by atoms with Gasteiger partial charge in [-0.15, -0.1) is 0 Å². The monoisotopic (exact) mass is 262 g/mol. The lowest BCUT2D eigenvalue weighted by molar-refractivity contribution is 0.501. The number of aryl methyl sites for hydroxylation is 1. The van der Waals surface area contributed by atoms with Crippen molar-refractivity contribution >= 4 is 5.96 Å². The van der Waals surface area contributed by atoms with Crippen molar-refractivity contribution < 1.29 is 0 Å². The lowest BCUT2D eigenvalue weighted by Gasteiger charge is -2.23. The topological polar surface area (TPSA) is 49.3 Å². The van der Waals surface area contributed by atoms with E-state index in [1.165, 1.54) is 11.1 Å². The van der Waals surface area contributed by atoms with Gasteiger partial charge in [0.1, 0.15) is 0 Å². The van der Waals surface area contributed by atoms with E-state index >= 15 is 0 Å². The zero-order chi connectivity index (χ0) is 14.3. The molecule has 4 nitrogen and oxygen atoms in total. The van der Waals surface area contributed by atoms with Gasteiger partial charge in [0, 0.05) is 31.0 Å². The quantitative estimate of drug-likeness (QED) is 0.646. The summed E-state index contributed by atoms with van der Waals surface area (Å²) in [7, 11) is 0. The van der Waals surface area contributed by atoms with E-state index in [-0.39, 0.29) is 5.54 Å². The first-order valence-electron chi connectivity index (χ1n) is 6.88. The SMILES string of the molecule is CCNC(=NCCc1ccncc1C)NC(C)(C)C. The third-order valence-electron chi connectivity index (χ3n) is 2.63. The van der Waals surface area contributed by atoms with Crippen molar-refractivity contribution in [2.75, 3.05) is 13.1 Å². The van der Waals surface area contributed by atoms with E-state index in [1.807, 2.05) is 12.4 Å². The number of aromatic nitrogens is 1. The molecule has 1 aromatic heterocycles. The predicted molar refractivity (Wildman–Crippen MR) is 81.5 cm³/mol. The number of nitrogens with one attached hydrogen (secondary N) is 2. The summed E-state index contributed by atoms with van der Waals surface area (Å²) in [6, 6.07) is 2.06. The van der Waals surface area contributed by atoms with Gasteiger partial charge < -0.3 is 10.6 Å². The molecule has 0 bridgehead atoms. The maximum absolute atomic E-state index is 4.61. The van der Waals surface area contributed by atoms with Crippen LogP contribution >= 0.6 is 0 Å². The smallest absolute Gasteiger partial charge is 0.191 e. The van der Waals surface area contributed by atoms with Gasteiger partial charge in [0.15, 0.2) is 5.96 Å². The fraction of sp³-hybridized carbons (Fsp3) is 0.600. The maximum atomic E-state index is 4.61. The fourth-order valence-corrected chi connectivity index (χ4v) is 1.73. The molecule has 1 aromatic rings. The van der Waals surface area contributed by atoms with Gasteiger partial charge in [-0.1, -0.05) is 0 Å². The van der Waals surface area contributed by atoms with Gasteiger partial charge in [-0.25, -0.2) is 0 Å². The average Bonchev–Trinajstić information content (AvgIpc) is 2.30. The van der Waals surface area contributed by atoms with Crippen molar-refractivity contribution in [2.45, 2.75) is 46.6 Å². The summed E-state index contributed by atoms with van der Waals surface area (Å²) in [4.78, 5) is 8.71. The molecule has 0 aromatic carbocycles. The number of pyridine rings is 1. The van der Waals surface area contributed by atoms with Crippen molar-refractivity contribution in [3.63, 3.8) is 0 Å². The van der Waals surface area contributed by atoms with Crippen LogP contribution in [0.4, 0.5) is 0 Å². The summed E-state index contributed by atoms with van der Waals surface area (Å²) in [6.45, 7) is 12.2. The summed E-state index contributed by atoms with van der Waals surface area (Å²) >= 11 is 0. The molecule has 0 fully saturated rings. The van der Waals surface area contributed by atoms with E-state index in [0.717, 1.165) is 25.5 Å². The first-order chi connectivity index (χ1) is 8.92. The number of rotatable bonds is 4. The summed E-state index contributed by atoms with van der Waals surface area (Å²) in [5, 5.41) is 6.65. The highest BCUT2D eigenvalue weighted by Gasteiger charge is 2.11. The number of nitrogens with zero attached hydrogens (tertiary/aromatic N) is 2. The zero-order valence-corrected chi connectivity index (χ0v) is 12.7. The van der Waals surface area contributed by atoms with Crippen LogP contribution in [0.3, 0.4) is 0 Å². The molecule has 1 heterocycles. The molecule has 0 atom stereocenters. The molecule has 2 N–H and O–H groups in total. The molecule has 0 aliphatic heterocycles. The minimum Gasteiger partial charge on any atom is -0.357 e. The Kier molecular flexibility index (Phi) is 5.80. The Labute approximate surface area is 116 Å². The van der Waals surface area contributed by atoms with Gasteiger partial charge in [0.2, 0.25) is 0 Å². The van der Waals surface area contributed by atoms with E-state index in [0.29, 0.717) is 0 Å². The molecule has 0 amide bonds. The highest BCUT2D eigenvalue weighted by molar-refractivity contribution is 5.80. The molecule has 0 saturated carbocycles. The van der Waals surface area contributed by atoms with Gasteiger partial charge in [-0.3, -0.25) is 9.98 Å². The molecule has 0 unspecified atom stereocenters. The number of aliphatic imine (C=N–C) groups is 1. The second-order valence-corrected chi connectivity index (χ2v) is 5.69. The molecule has 0 saturated heterocycles. The van der Waals surface area contributed by atoms with Gasteiger partial charge in [-0.2, -0.15) is 0 Å². The molecule has 0 radical (unpaired) electrons. The average molecular weight is 262 g/mol. The van der Waals surface area contributed by atoms with Crippen LogP contribution in [0, 0.1) is 6.92 Å². The molecule has 0 aliphatic rings. The standard InChI is InChI=1S/C15H26N4/c1-6-17-14(19-15(3,4)5)18-10-8-13-7-9-16-11-12(13)2/h7,9,11H,6,8,10H2,1-5H3,(H2,17,18,19). The largest absolute Gasteiger partial charge is 0.357 e. The van der Waals surface area contributed by atoms with Crippen LogP contribution in [0.25, 0.3) is 0 Å². The summed E-state index contributed by atoms with van der Waals surface area (Å²) < 4.78 is 0. The first kappa shape index (κ1) is 15.5. The minimum atomic E-state index is 0.0214. The normalized spacial score (nSPS) is 12.4. The second-order valence-electron chi connectivity index (χ2n) is 5.69. The number of hydrogen-bond acceptors (Lipinski definition) is 2. The van der Waals surface area contributed by atoms with E-state index in [4.69, 9.17) is 0 Å². The van der Waals surface area contributed by atoms with Gasteiger partial charge >= 0.3 is 0 Å². The van der Waals surface area contributed by atoms with Crippen molar-refractivity contribution in [3.8, 4) is 0 Å². The van der Waals surface area contributed by atoms with Crippen molar-refractivity contribution in [1.82, 2.24) is 15.6 Å². The highest BCUT2D eigenvalue weighted by atomic mass is 15.2. The van der Waals surface area contributed by atoms with Gasteiger partial charge in [-0.05, 0) is 58.2 Å². The lowest BCUT2D eigenvalue weighted by atomic mass is 10.1. The summed E-state index contributed by atoms with van der Waals surface area (Å²) in [5.74, 6) is 0.877. The van der Waals surface area contributed by atoms with Crippen LogP contribution in [0.5, 0.6) is 0 Å². The third-order valence-corrected chi connectivity index (χ3v) is 2.63. The zero-order valence-electron chi connectivity index (χ0n) is 12.7. The molecular formula is C15H26N4. The fourth-order valence-electron chi connectivity index (χ4n) is 1.73. The third kappa shape index (κ3) is 6.22. The highest BCUT2D eigenvalue weighted by Crippen LogP contribution is 2.06. The minimum absolute atomic E-state index is 0.0214. The Balaban J connectivity index is 2.59. The van der Waals surface area contributed by atoms with Crippen LogP contribution < -0.4 is 10.6 Å². The van der Waals surface area contributed by atoms with Crippen LogP contribution in [-0.2, 0) is 6.42 Å². The maximum Gasteiger partial charge on any atom is 0.191 e. The molecule has 106 valence electrons. The molecule has 1 rings (SSSR count). The van der Waals surface area contributed by atoms with E-state index in [2.05, 4.69) is 61.3 Å². The van der Waals surface area contributed by atoms with Crippen LogP contribution in [0.1, 0.15) is 38.8 Å². The first-order valence-corrected chi connectivity index (χ1v) is 6.88. The Hall–Kier alpha value is -1.58. The van der Waals surface area contributed by atoms with Crippen molar-refractivity contribution in [1.29, 1.82) is 0 Å². The number of hydrogen-bond donors (Lipinski definition) is 2. The van der Waals surface area contributed by atoms with Crippen LogP contribution in [0.15, 0.2) is 23.5 Å². The molecule has 4 heteroatoms. The Morgan fingerprint density at radius 2 is 2.11 bits per heavy atom. The van der Waals surface area contributed by atoms with E-state index in [9.17, 15) is 0 Å². The van der Waals surface area contributed by atoms with Crippen molar-refractivity contribution in [2.24, 2.45) is 4.99 Å². The predicted octanol–water partition coefficient (Wildman–Crippen LogP) is 2.29. The number of guanidine groups is 1. The molecule has 19 heavy (non-hydrogen) atoms. The van der Waals surface area contributed by atoms with Crippen molar-refractivity contribution in [3.05, 3.63) is 29.6 Å². The Morgan fingerprint density at radius 1 is 1.37 bits per heavy atom. The van der Waals surface area contributed by atoms with Crippen LogP contribution in [-0.4, -0.2) is 29.6 Å². The van der Waals surface area contributed by atoms with Gasteiger partial charge in [0.05, 0.1) is 0 Å². The Morgan fingerprint density at radius 3 is 2.68 bits per heavy atom.